The van der Waals surface area contributed by atoms with Gasteiger partial charge in [0, 0.05) is 10.2 Å². The molecule has 0 unspecified atom stereocenters. The number of benzene rings is 3. The van der Waals surface area contributed by atoms with Gasteiger partial charge < -0.3 is 14.8 Å². The Bertz CT molecular complexity index is 1490. The quantitative estimate of drug-likeness (QED) is 0.241. The molecule has 1 fully saturated rings. The van der Waals surface area contributed by atoms with Gasteiger partial charge in [0.05, 0.1) is 16.8 Å². The number of rotatable bonds is 8. The van der Waals surface area contributed by atoms with Crippen molar-refractivity contribution >= 4 is 73.1 Å². The van der Waals surface area contributed by atoms with E-state index in [0.29, 0.717) is 33.8 Å². The van der Waals surface area contributed by atoms with E-state index in [1.54, 1.807) is 49.4 Å². The van der Waals surface area contributed by atoms with Crippen LogP contribution in [-0.4, -0.2) is 37.0 Å². The number of carbonyl (C=O) groups is 4. The summed E-state index contributed by atoms with van der Waals surface area (Å²) in [5.41, 5.74) is 2.17. The van der Waals surface area contributed by atoms with Gasteiger partial charge in [0.25, 0.3) is 17.7 Å². The van der Waals surface area contributed by atoms with Crippen LogP contribution in [-0.2, 0) is 14.4 Å². The van der Waals surface area contributed by atoms with E-state index in [-0.39, 0.29) is 23.8 Å². The van der Waals surface area contributed by atoms with Crippen LogP contribution >= 0.6 is 31.9 Å². The van der Waals surface area contributed by atoms with Crippen LogP contribution in [0.1, 0.15) is 18.1 Å². The second-order valence-electron chi connectivity index (χ2n) is 8.40. The van der Waals surface area contributed by atoms with Crippen LogP contribution in [0.15, 0.2) is 75.2 Å². The molecule has 1 aliphatic rings. The molecule has 1 aliphatic heterocycles. The molecular weight excluding hydrogens is 634 g/mol. The lowest BCUT2D eigenvalue weighted by Crippen LogP contribution is -2.54. The normalized spacial score (nSPS) is 14.3. The van der Waals surface area contributed by atoms with Gasteiger partial charge >= 0.3 is 6.03 Å². The van der Waals surface area contributed by atoms with Gasteiger partial charge in [0.2, 0.25) is 0 Å². The molecule has 0 bridgehead atoms. The molecule has 1 heterocycles. The number of halogens is 2. The zero-order chi connectivity index (χ0) is 28.1. The molecule has 0 radical (unpaired) electrons. The molecule has 39 heavy (non-hydrogen) atoms. The van der Waals surface area contributed by atoms with Crippen molar-refractivity contribution < 1.29 is 28.7 Å². The van der Waals surface area contributed by atoms with Gasteiger partial charge in [0.1, 0.15) is 5.57 Å². The minimum atomic E-state index is -0.839. The third kappa shape index (κ3) is 6.73. The smallest absolute Gasteiger partial charge is 0.335 e. The molecule has 0 saturated carbocycles. The molecule has 11 heteroatoms. The molecule has 0 aromatic heterocycles. The molecule has 1 saturated heterocycles. The van der Waals surface area contributed by atoms with Crippen molar-refractivity contribution in [2.45, 2.75) is 13.8 Å². The topological polar surface area (TPSA) is 114 Å². The molecule has 200 valence electrons. The monoisotopic (exact) mass is 655 g/mol. The fraction of sp³-hybridized carbons (Fsp3) is 0.143. The number of carbonyl (C=O) groups excluding carboxylic acids is 4. The highest BCUT2D eigenvalue weighted by Crippen LogP contribution is 2.38. The Kier molecular flexibility index (Phi) is 8.82. The predicted octanol–water partition coefficient (Wildman–Crippen LogP) is 5.60. The fourth-order valence-corrected chi connectivity index (χ4v) is 4.62. The maximum absolute atomic E-state index is 13.2. The van der Waals surface area contributed by atoms with Crippen LogP contribution in [0.4, 0.5) is 16.2 Å². The van der Waals surface area contributed by atoms with Gasteiger partial charge in [-0.2, -0.15) is 0 Å². The highest BCUT2D eigenvalue weighted by atomic mass is 79.9. The molecule has 0 aliphatic carbocycles. The van der Waals surface area contributed by atoms with Crippen LogP contribution in [0.3, 0.4) is 0 Å². The molecule has 3 aromatic carbocycles. The predicted molar refractivity (Wildman–Crippen MR) is 154 cm³/mol. The zero-order valence-corrected chi connectivity index (χ0v) is 24.1. The number of urea groups is 1. The lowest BCUT2D eigenvalue weighted by Gasteiger charge is -2.26. The number of nitrogens with zero attached hydrogens (tertiary/aromatic N) is 1. The highest BCUT2D eigenvalue weighted by molar-refractivity contribution is 9.10. The summed E-state index contributed by atoms with van der Waals surface area (Å²) in [5.74, 6) is -1.37. The summed E-state index contributed by atoms with van der Waals surface area (Å²) in [6.07, 6.45) is 1.36. The number of amides is 5. The Morgan fingerprint density at radius 2 is 1.77 bits per heavy atom. The minimum absolute atomic E-state index is 0.238. The number of ether oxygens (including phenoxy) is 2. The Labute approximate surface area is 241 Å². The van der Waals surface area contributed by atoms with Gasteiger partial charge in [-0.15, -0.1) is 0 Å². The number of anilines is 2. The van der Waals surface area contributed by atoms with Crippen molar-refractivity contribution in [3.63, 3.8) is 0 Å². The van der Waals surface area contributed by atoms with Gasteiger partial charge in [-0.1, -0.05) is 28.1 Å². The van der Waals surface area contributed by atoms with Crippen molar-refractivity contribution in [2.24, 2.45) is 0 Å². The standard InChI is InChI=1S/C28H23Br2N3O6/c1-3-38-23-14-17(13-22(30)25(23)39-15-24(34)31-19-6-4-5-16(2)11-19)12-21-26(35)32-28(37)33(27(21)36)20-9-7-18(29)8-10-20/h4-14H,3,15H2,1-2H3,(H,31,34)(H,32,35,37)/b21-12+. The van der Waals surface area contributed by atoms with E-state index in [1.807, 2.05) is 25.1 Å². The Hall–Kier alpha value is -3.96. The van der Waals surface area contributed by atoms with Crippen molar-refractivity contribution in [1.82, 2.24) is 5.32 Å². The number of barbiturate groups is 1. The van der Waals surface area contributed by atoms with E-state index in [9.17, 15) is 19.2 Å². The van der Waals surface area contributed by atoms with Crippen LogP contribution in [0.5, 0.6) is 11.5 Å². The molecule has 0 spiro atoms. The molecule has 5 amide bonds. The van der Waals surface area contributed by atoms with Crippen LogP contribution in [0.25, 0.3) is 6.08 Å². The number of aryl methyl sites for hydroxylation is 1. The van der Waals surface area contributed by atoms with Gasteiger partial charge in [-0.05, 0) is 95.5 Å². The fourth-order valence-electron chi connectivity index (χ4n) is 3.78. The second kappa shape index (κ2) is 12.3. The van der Waals surface area contributed by atoms with E-state index < -0.39 is 17.8 Å². The van der Waals surface area contributed by atoms with Gasteiger partial charge in [-0.3, -0.25) is 19.7 Å². The SMILES string of the molecule is CCOc1cc(/C=C2\C(=O)NC(=O)N(c3ccc(Br)cc3)C2=O)cc(Br)c1OCC(=O)Nc1cccc(C)c1. The maximum atomic E-state index is 13.2. The molecule has 3 aromatic rings. The van der Waals surface area contributed by atoms with Crippen LogP contribution in [0, 0.1) is 6.92 Å². The first-order valence-corrected chi connectivity index (χ1v) is 13.4. The van der Waals surface area contributed by atoms with Crippen molar-refractivity contribution in [3.05, 3.63) is 86.3 Å². The van der Waals surface area contributed by atoms with Crippen LogP contribution in [0.2, 0.25) is 0 Å². The zero-order valence-electron chi connectivity index (χ0n) is 20.9. The first-order chi connectivity index (χ1) is 18.7. The Morgan fingerprint density at radius 1 is 1.03 bits per heavy atom. The molecule has 4 rings (SSSR count). The largest absolute Gasteiger partial charge is 0.490 e. The number of hydrogen-bond acceptors (Lipinski definition) is 6. The average molecular weight is 657 g/mol. The van der Waals surface area contributed by atoms with E-state index in [2.05, 4.69) is 42.5 Å². The average Bonchev–Trinajstić information content (AvgIpc) is 2.87. The summed E-state index contributed by atoms with van der Waals surface area (Å²) < 4.78 is 12.7. The third-order valence-corrected chi connectivity index (χ3v) is 6.60. The lowest BCUT2D eigenvalue weighted by atomic mass is 10.1. The first kappa shape index (κ1) is 28.1. The summed E-state index contributed by atoms with van der Waals surface area (Å²) in [6, 6.07) is 16.3. The number of hydrogen-bond donors (Lipinski definition) is 2. The molecule has 0 atom stereocenters. The lowest BCUT2D eigenvalue weighted by molar-refractivity contribution is -0.122. The number of nitrogens with one attached hydrogen (secondary N) is 2. The van der Waals surface area contributed by atoms with Gasteiger partial charge in [-0.25, -0.2) is 9.69 Å². The number of imide groups is 2. The van der Waals surface area contributed by atoms with Crippen molar-refractivity contribution in [3.8, 4) is 11.5 Å². The van der Waals surface area contributed by atoms with E-state index in [1.165, 1.54) is 6.08 Å². The summed E-state index contributed by atoms with van der Waals surface area (Å²) in [7, 11) is 0. The highest BCUT2D eigenvalue weighted by Gasteiger charge is 2.36. The minimum Gasteiger partial charge on any atom is -0.490 e. The maximum Gasteiger partial charge on any atom is 0.335 e. The molecule has 9 nitrogen and oxygen atoms in total. The van der Waals surface area contributed by atoms with Crippen molar-refractivity contribution in [1.29, 1.82) is 0 Å². The Balaban J connectivity index is 1.58. The summed E-state index contributed by atoms with van der Waals surface area (Å²) in [6.45, 7) is 3.73. The molecule has 2 N–H and O–H groups in total. The Morgan fingerprint density at radius 3 is 2.46 bits per heavy atom. The van der Waals surface area contributed by atoms with Gasteiger partial charge in [0.15, 0.2) is 18.1 Å². The third-order valence-electron chi connectivity index (χ3n) is 5.48. The summed E-state index contributed by atoms with van der Waals surface area (Å²) in [5, 5.41) is 4.98. The summed E-state index contributed by atoms with van der Waals surface area (Å²) >= 11 is 6.75. The molecular formula is C28H23Br2N3O6. The summed E-state index contributed by atoms with van der Waals surface area (Å²) in [4.78, 5) is 51.6. The van der Waals surface area contributed by atoms with Crippen molar-refractivity contribution in [2.75, 3.05) is 23.4 Å². The van der Waals surface area contributed by atoms with E-state index in [4.69, 9.17) is 9.47 Å². The van der Waals surface area contributed by atoms with E-state index in [0.717, 1.165) is 14.9 Å². The van der Waals surface area contributed by atoms with Crippen LogP contribution < -0.4 is 25.0 Å². The first-order valence-electron chi connectivity index (χ1n) is 11.8. The van der Waals surface area contributed by atoms with E-state index >= 15 is 0 Å². The second-order valence-corrected chi connectivity index (χ2v) is 10.2.